The Labute approximate surface area is 312 Å². The number of aromatic carboxylic acids is 2. The van der Waals surface area contributed by atoms with Crippen LogP contribution >= 0.6 is 0 Å². The lowest BCUT2D eigenvalue weighted by molar-refractivity contribution is 0.0680. The predicted octanol–water partition coefficient (Wildman–Crippen LogP) is 7.51. The van der Waals surface area contributed by atoms with Crippen LogP contribution in [0.15, 0.2) is 97.1 Å². The Balaban J connectivity index is 1.06. The van der Waals surface area contributed by atoms with Crippen LogP contribution in [-0.2, 0) is 6.42 Å². The number of benzene rings is 4. The van der Waals surface area contributed by atoms with E-state index >= 15 is 0 Å². The zero-order valence-electron chi connectivity index (χ0n) is 30.2. The van der Waals surface area contributed by atoms with Gasteiger partial charge in [-0.05, 0) is 105 Å². The summed E-state index contributed by atoms with van der Waals surface area (Å²) in [6.45, 7) is 5.10. The van der Waals surface area contributed by atoms with Gasteiger partial charge < -0.3 is 25.6 Å². The van der Waals surface area contributed by atoms with E-state index in [0.717, 1.165) is 45.3 Å². The fraction of sp³-hybridized carbons (Fsp3) is 0.233. The summed E-state index contributed by atoms with van der Waals surface area (Å²) in [4.78, 5) is 49.3. The van der Waals surface area contributed by atoms with Crippen molar-refractivity contribution < 1.29 is 34.1 Å². The van der Waals surface area contributed by atoms with E-state index in [2.05, 4.69) is 15.7 Å². The Morgan fingerprint density at radius 1 is 0.704 bits per heavy atom. The van der Waals surface area contributed by atoms with Crippen LogP contribution < -0.4 is 15.4 Å². The molecule has 0 saturated carbocycles. The number of carbonyl (C=O) groups excluding carboxylic acids is 2. The third-order valence-electron chi connectivity index (χ3n) is 9.42. The quantitative estimate of drug-likeness (QED) is 0.0746. The lowest BCUT2D eigenvalue weighted by Gasteiger charge is -2.14. The van der Waals surface area contributed by atoms with E-state index in [1.54, 1.807) is 16.6 Å². The summed E-state index contributed by atoms with van der Waals surface area (Å²) in [5.41, 5.74) is 5.26. The molecule has 0 unspecified atom stereocenters. The molecule has 2 aromatic heterocycles. The van der Waals surface area contributed by atoms with Gasteiger partial charge in [-0.15, -0.1) is 0 Å². The number of nitrogens with one attached hydrogen (secondary N) is 2. The van der Waals surface area contributed by atoms with E-state index in [9.17, 15) is 29.4 Å². The number of aromatic nitrogens is 2. The van der Waals surface area contributed by atoms with Gasteiger partial charge in [-0.1, -0.05) is 54.6 Å². The van der Waals surface area contributed by atoms with E-state index in [1.165, 1.54) is 12.1 Å². The maximum absolute atomic E-state index is 13.1. The number of aryl methyl sites for hydroxylation is 3. The number of nitrogens with zero attached hydrogens (tertiary/aromatic N) is 2. The first-order chi connectivity index (χ1) is 26.1. The van der Waals surface area contributed by atoms with Crippen molar-refractivity contribution in [1.29, 1.82) is 0 Å². The molecule has 2 amide bonds. The molecule has 0 aliphatic carbocycles. The highest BCUT2D eigenvalue weighted by atomic mass is 16.5. The average molecular weight is 727 g/mol. The second-order valence-corrected chi connectivity index (χ2v) is 13.2. The fourth-order valence-electron chi connectivity index (χ4n) is 6.87. The van der Waals surface area contributed by atoms with Crippen LogP contribution in [-0.4, -0.2) is 63.3 Å². The van der Waals surface area contributed by atoms with Gasteiger partial charge in [-0.3, -0.25) is 9.59 Å². The molecule has 4 N–H and O–H groups in total. The standard InChI is InChI=1S/C43H42N4O7/c1-27-25-30(40(48)44-22-8-3-9-23-45-41(49)32-16-6-7-17-33(32)42(50)51)26-28(2)38(27)36-20-11-19-35-34(39(43(52)53)46-47(35)36)18-12-24-54-37-21-10-14-29-13-4-5-15-31(29)37/h4-7,10-11,13-17,19-21,25-26H,3,8-9,12,18,22-24H2,1-2H3,(H,44,48)(H,45,49)(H,50,51)(H,52,53). The molecule has 11 nitrogen and oxygen atoms in total. The molecule has 0 atom stereocenters. The number of carbonyl (C=O) groups is 4. The Hall–Kier alpha value is -6.49. The van der Waals surface area contributed by atoms with Gasteiger partial charge >= 0.3 is 11.9 Å². The van der Waals surface area contributed by atoms with Crippen molar-refractivity contribution in [3.8, 4) is 17.0 Å². The molecular weight excluding hydrogens is 684 g/mol. The molecule has 0 aliphatic heterocycles. The summed E-state index contributed by atoms with van der Waals surface area (Å²) in [6, 6.07) is 29.4. The molecule has 276 valence electrons. The first-order valence-corrected chi connectivity index (χ1v) is 18.0. The van der Waals surface area contributed by atoms with Gasteiger partial charge in [-0.2, -0.15) is 5.10 Å². The maximum atomic E-state index is 13.1. The first kappa shape index (κ1) is 37.3. The molecule has 0 spiro atoms. The summed E-state index contributed by atoms with van der Waals surface area (Å²) in [6.07, 6.45) is 3.19. The third kappa shape index (κ3) is 8.25. The number of carboxylic acid groups (broad SMARTS) is 2. The maximum Gasteiger partial charge on any atom is 0.356 e. The molecule has 0 radical (unpaired) electrons. The summed E-state index contributed by atoms with van der Waals surface area (Å²) in [5, 5.41) is 31.8. The highest BCUT2D eigenvalue weighted by molar-refractivity contribution is 6.04. The van der Waals surface area contributed by atoms with Crippen LogP contribution in [0, 0.1) is 13.8 Å². The summed E-state index contributed by atoms with van der Waals surface area (Å²) < 4.78 is 7.81. The summed E-state index contributed by atoms with van der Waals surface area (Å²) >= 11 is 0. The Morgan fingerprint density at radius 2 is 1.35 bits per heavy atom. The fourth-order valence-corrected chi connectivity index (χ4v) is 6.87. The largest absolute Gasteiger partial charge is 0.493 e. The van der Waals surface area contributed by atoms with Crippen molar-refractivity contribution in [2.24, 2.45) is 0 Å². The van der Waals surface area contributed by atoms with E-state index in [4.69, 9.17) is 4.74 Å². The molecule has 0 fully saturated rings. The SMILES string of the molecule is Cc1cc(C(=O)NCCCCCNC(=O)c2ccccc2C(=O)O)cc(C)c1-c1cccc2c(CCCOc3cccc4ccccc34)c(C(=O)O)nn12. The number of rotatable bonds is 16. The van der Waals surface area contributed by atoms with Crippen LogP contribution in [0.3, 0.4) is 0 Å². The monoisotopic (exact) mass is 726 g/mol. The molecular formula is C43H42N4O7. The van der Waals surface area contributed by atoms with Crippen molar-refractivity contribution in [2.45, 2.75) is 46.0 Å². The van der Waals surface area contributed by atoms with E-state index in [1.807, 2.05) is 86.6 Å². The van der Waals surface area contributed by atoms with Crippen LogP contribution in [0.2, 0.25) is 0 Å². The molecule has 2 heterocycles. The number of pyridine rings is 1. The van der Waals surface area contributed by atoms with Gasteiger partial charge in [0.05, 0.1) is 28.9 Å². The average Bonchev–Trinajstić information content (AvgIpc) is 3.55. The summed E-state index contributed by atoms with van der Waals surface area (Å²) in [5.74, 6) is -2.09. The summed E-state index contributed by atoms with van der Waals surface area (Å²) in [7, 11) is 0. The molecule has 0 bridgehead atoms. The molecule has 0 saturated heterocycles. The van der Waals surface area contributed by atoms with Gasteiger partial charge in [0.15, 0.2) is 5.69 Å². The minimum Gasteiger partial charge on any atom is -0.493 e. The topological polar surface area (TPSA) is 159 Å². The van der Waals surface area contributed by atoms with E-state index in [-0.39, 0.29) is 22.7 Å². The minimum absolute atomic E-state index is 0.00446. The van der Waals surface area contributed by atoms with Gasteiger partial charge in [0, 0.05) is 35.2 Å². The Bertz CT molecular complexity index is 2340. The third-order valence-corrected chi connectivity index (χ3v) is 9.42. The zero-order chi connectivity index (χ0) is 38.2. The highest BCUT2D eigenvalue weighted by Crippen LogP contribution is 2.31. The second kappa shape index (κ2) is 16.9. The highest BCUT2D eigenvalue weighted by Gasteiger charge is 2.22. The molecule has 4 aromatic carbocycles. The van der Waals surface area contributed by atoms with Crippen LogP contribution in [0.4, 0.5) is 0 Å². The van der Waals surface area contributed by atoms with Gasteiger partial charge in [-0.25, -0.2) is 14.1 Å². The minimum atomic E-state index is -1.15. The van der Waals surface area contributed by atoms with Gasteiger partial charge in [0.1, 0.15) is 5.75 Å². The molecule has 54 heavy (non-hydrogen) atoms. The predicted molar refractivity (Wildman–Crippen MR) is 207 cm³/mol. The molecule has 0 aliphatic rings. The zero-order valence-corrected chi connectivity index (χ0v) is 30.2. The lowest BCUT2D eigenvalue weighted by Crippen LogP contribution is -2.27. The normalized spacial score (nSPS) is 11.1. The second-order valence-electron chi connectivity index (χ2n) is 13.2. The number of hydrogen-bond acceptors (Lipinski definition) is 6. The Morgan fingerprint density at radius 3 is 2.07 bits per heavy atom. The van der Waals surface area contributed by atoms with Crippen molar-refractivity contribution in [3.63, 3.8) is 0 Å². The molecule has 11 heteroatoms. The van der Waals surface area contributed by atoms with Crippen molar-refractivity contribution in [2.75, 3.05) is 19.7 Å². The number of ether oxygens (including phenoxy) is 1. The van der Waals surface area contributed by atoms with Gasteiger partial charge in [0.2, 0.25) is 0 Å². The number of amides is 2. The van der Waals surface area contributed by atoms with E-state index < -0.39 is 17.8 Å². The number of fused-ring (bicyclic) bond motifs is 2. The Kier molecular flexibility index (Phi) is 11.7. The van der Waals surface area contributed by atoms with Crippen molar-refractivity contribution >= 4 is 40.0 Å². The van der Waals surface area contributed by atoms with Crippen LogP contribution in [0.5, 0.6) is 5.75 Å². The smallest absolute Gasteiger partial charge is 0.356 e. The molecule has 6 rings (SSSR count). The molecule has 6 aromatic rings. The number of hydrogen-bond donors (Lipinski definition) is 4. The van der Waals surface area contributed by atoms with Gasteiger partial charge in [0.25, 0.3) is 11.8 Å². The van der Waals surface area contributed by atoms with Crippen LogP contribution in [0.1, 0.15) is 83.9 Å². The van der Waals surface area contributed by atoms with E-state index in [0.29, 0.717) is 62.0 Å². The van der Waals surface area contributed by atoms with Crippen LogP contribution in [0.25, 0.3) is 27.5 Å². The number of carboxylic acids is 2. The number of unbranched alkanes of at least 4 members (excludes halogenated alkanes) is 2. The lowest BCUT2D eigenvalue weighted by atomic mass is 9.96. The van der Waals surface area contributed by atoms with Crippen molar-refractivity contribution in [3.05, 3.63) is 136 Å². The first-order valence-electron chi connectivity index (χ1n) is 18.0. The van der Waals surface area contributed by atoms with Crippen molar-refractivity contribution in [1.82, 2.24) is 20.2 Å².